The van der Waals surface area contributed by atoms with Crippen LogP contribution in [-0.4, -0.2) is 24.9 Å². The molecule has 1 aromatic rings. The smallest absolute Gasteiger partial charge is 0.251 e. The van der Waals surface area contributed by atoms with Crippen molar-refractivity contribution in [3.63, 3.8) is 0 Å². The molecule has 2 rings (SSSR count). The first-order chi connectivity index (χ1) is 10.7. The molecule has 0 spiro atoms. The minimum Gasteiger partial charge on any atom is -0.352 e. The lowest BCUT2D eigenvalue weighted by atomic mass is 9.88. The molecule has 1 aromatic carbocycles. The number of rotatable bonds is 6. The minimum absolute atomic E-state index is 0.0698. The molecule has 0 saturated heterocycles. The second-order valence-corrected chi connectivity index (χ2v) is 5.80. The van der Waals surface area contributed by atoms with Gasteiger partial charge < -0.3 is 16.4 Å². The highest BCUT2D eigenvalue weighted by atomic mass is 16.2. The van der Waals surface area contributed by atoms with E-state index >= 15 is 0 Å². The van der Waals surface area contributed by atoms with Gasteiger partial charge in [-0.3, -0.25) is 9.59 Å². The second-order valence-electron chi connectivity index (χ2n) is 5.80. The third kappa shape index (κ3) is 4.84. The van der Waals surface area contributed by atoms with Gasteiger partial charge in [0, 0.05) is 23.7 Å². The molecule has 0 aromatic heterocycles. The van der Waals surface area contributed by atoms with E-state index in [4.69, 9.17) is 5.73 Å². The molecule has 1 aliphatic carbocycles. The molecule has 0 aliphatic heterocycles. The van der Waals surface area contributed by atoms with Crippen LogP contribution in [-0.2, 0) is 4.79 Å². The average Bonchev–Trinajstić information content (AvgIpc) is 2.56. The van der Waals surface area contributed by atoms with Crippen LogP contribution in [0.2, 0.25) is 0 Å². The van der Waals surface area contributed by atoms with Crippen LogP contribution in [0.15, 0.2) is 24.3 Å². The second kappa shape index (κ2) is 8.54. The van der Waals surface area contributed by atoms with E-state index in [1.807, 2.05) is 6.07 Å². The molecular weight excluding hydrogens is 278 g/mol. The van der Waals surface area contributed by atoms with Gasteiger partial charge in [-0.05, 0) is 44.0 Å². The Hall–Kier alpha value is -1.88. The van der Waals surface area contributed by atoms with Crippen LogP contribution >= 0.6 is 0 Å². The molecule has 5 nitrogen and oxygen atoms in total. The standard InChI is InChI=1S/C17H25N3O2/c18-10-5-11-19-16(21)14-8-4-9-15(12-14)20-17(22)13-6-2-1-3-7-13/h4,8-9,12-13H,1-3,5-7,10-11,18H2,(H,19,21)(H,20,22). The van der Waals surface area contributed by atoms with E-state index in [9.17, 15) is 9.59 Å². The Morgan fingerprint density at radius 2 is 1.95 bits per heavy atom. The number of anilines is 1. The molecule has 1 aliphatic rings. The van der Waals surface area contributed by atoms with E-state index < -0.39 is 0 Å². The zero-order chi connectivity index (χ0) is 15.8. The fourth-order valence-corrected chi connectivity index (χ4v) is 2.75. The van der Waals surface area contributed by atoms with Crippen LogP contribution in [0.5, 0.6) is 0 Å². The van der Waals surface area contributed by atoms with Crippen molar-refractivity contribution in [3.8, 4) is 0 Å². The van der Waals surface area contributed by atoms with Crippen molar-refractivity contribution in [2.45, 2.75) is 38.5 Å². The van der Waals surface area contributed by atoms with Crippen LogP contribution in [0, 0.1) is 5.92 Å². The fourth-order valence-electron chi connectivity index (χ4n) is 2.75. The lowest BCUT2D eigenvalue weighted by molar-refractivity contribution is -0.120. The van der Waals surface area contributed by atoms with Gasteiger partial charge in [0.05, 0.1) is 0 Å². The normalized spacial score (nSPS) is 15.3. The molecule has 0 bridgehead atoms. The monoisotopic (exact) mass is 303 g/mol. The van der Waals surface area contributed by atoms with E-state index in [1.54, 1.807) is 18.2 Å². The van der Waals surface area contributed by atoms with Crippen LogP contribution in [0.3, 0.4) is 0 Å². The summed E-state index contributed by atoms with van der Waals surface area (Å²) in [5.41, 5.74) is 6.64. The van der Waals surface area contributed by atoms with Gasteiger partial charge in [-0.2, -0.15) is 0 Å². The Labute approximate surface area is 131 Å². The molecule has 0 radical (unpaired) electrons. The van der Waals surface area contributed by atoms with Gasteiger partial charge in [-0.1, -0.05) is 25.3 Å². The van der Waals surface area contributed by atoms with Gasteiger partial charge in [0.2, 0.25) is 5.91 Å². The van der Waals surface area contributed by atoms with E-state index in [-0.39, 0.29) is 17.7 Å². The van der Waals surface area contributed by atoms with Crippen LogP contribution in [0.1, 0.15) is 48.9 Å². The van der Waals surface area contributed by atoms with Crippen molar-refractivity contribution in [3.05, 3.63) is 29.8 Å². The summed E-state index contributed by atoms with van der Waals surface area (Å²) in [7, 11) is 0. The van der Waals surface area contributed by atoms with E-state index in [0.717, 1.165) is 32.1 Å². The summed E-state index contributed by atoms with van der Waals surface area (Å²) in [5.74, 6) is 0.0402. The maximum Gasteiger partial charge on any atom is 0.251 e. The number of hydrogen-bond donors (Lipinski definition) is 3. The number of benzene rings is 1. The Kier molecular flexibility index (Phi) is 6.40. The van der Waals surface area contributed by atoms with Gasteiger partial charge in [0.1, 0.15) is 0 Å². The molecule has 0 atom stereocenters. The molecule has 22 heavy (non-hydrogen) atoms. The van der Waals surface area contributed by atoms with Crippen molar-refractivity contribution < 1.29 is 9.59 Å². The summed E-state index contributed by atoms with van der Waals surface area (Å²) in [6.45, 7) is 1.12. The SMILES string of the molecule is NCCCNC(=O)c1cccc(NC(=O)C2CCCCC2)c1. The summed E-state index contributed by atoms with van der Waals surface area (Å²) >= 11 is 0. The predicted octanol–water partition coefficient (Wildman–Crippen LogP) is 2.28. The molecule has 1 saturated carbocycles. The summed E-state index contributed by atoms with van der Waals surface area (Å²) in [5, 5.41) is 5.75. The molecule has 120 valence electrons. The van der Waals surface area contributed by atoms with Crippen molar-refractivity contribution in [1.29, 1.82) is 0 Å². The first-order valence-electron chi connectivity index (χ1n) is 8.10. The highest BCUT2D eigenvalue weighted by molar-refractivity contribution is 5.97. The van der Waals surface area contributed by atoms with Gasteiger partial charge in [-0.25, -0.2) is 0 Å². The lowest BCUT2D eigenvalue weighted by Crippen LogP contribution is -2.27. The zero-order valence-corrected chi connectivity index (χ0v) is 12.9. The Morgan fingerprint density at radius 3 is 2.68 bits per heavy atom. The number of hydrogen-bond acceptors (Lipinski definition) is 3. The number of carbonyl (C=O) groups is 2. The summed E-state index contributed by atoms with van der Waals surface area (Å²) in [4.78, 5) is 24.2. The highest BCUT2D eigenvalue weighted by Gasteiger charge is 2.21. The van der Waals surface area contributed by atoms with Crippen LogP contribution in [0.25, 0.3) is 0 Å². The lowest BCUT2D eigenvalue weighted by Gasteiger charge is -2.20. The summed E-state index contributed by atoms with van der Waals surface area (Å²) in [6.07, 6.45) is 6.16. The molecule has 5 heteroatoms. The predicted molar refractivity (Wildman–Crippen MR) is 87.7 cm³/mol. The van der Waals surface area contributed by atoms with Crippen molar-refractivity contribution in [1.82, 2.24) is 5.32 Å². The molecule has 0 heterocycles. The number of nitrogens with one attached hydrogen (secondary N) is 2. The maximum absolute atomic E-state index is 12.2. The molecule has 1 fully saturated rings. The molecule has 0 unspecified atom stereocenters. The van der Waals surface area contributed by atoms with E-state index in [2.05, 4.69) is 10.6 Å². The summed E-state index contributed by atoms with van der Waals surface area (Å²) < 4.78 is 0. The van der Waals surface area contributed by atoms with Gasteiger partial charge >= 0.3 is 0 Å². The number of nitrogens with two attached hydrogens (primary N) is 1. The molecule has 2 amide bonds. The quantitative estimate of drug-likeness (QED) is 0.705. The topological polar surface area (TPSA) is 84.2 Å². The van der Waals surface area contributed by atoms with Crippen molar-refractivity contribution in [2.24, 2.45) is 11.7 Å². The average molecular weight is 303 g/mol. The number of carbonyl (C=O) groups excluding carboxylic acids is 2. The zero-order valence-electron chi connectivity index (χ0n) is 12.9. The molecular formula is C17H25N3O2. The first-order valence-corrected chi connectivity index (χ1v) is 8.10. The number of amides is 2. The van der Waals surface area contributed by atoms with Crippen LogP contribution < -0.4 is 16.4 Å². The minimum atomic E-state index is -0.137. The fraction of sp³-hybridized carbons (Fsp3) is 0.529. The first kappa shape index (κ1) is 16.5. The van der Waals surface area contributed by atoms with E-state index in [1.165, 1.54) is 6.42 Å². The third-order valence-electron chi connectivity index (χ3n) is 4.03. The van der Waals surface area contributed by atoms with Gasteiger partial charge in [0.25, 0.3) is 5.91 Å². The Bertz CT molecular complexity index is 510. The Morgan fingerprint density at radius 1 is 1.18 bits per heavy atom. The highest BCUT2D eigenvalue weighted by Crippen LogP contribution is 2.25. The van der Waals surface area contributed by atoms with Crippen molar-refractivity contribution >= 4 is 17.5 Å². The largest absolute Gasteiger partial charge is 0.352 e. The Balaban J connectivity index is 1.92. The maximum atomic E-state index is 12.2. The van der Waals surface area contributed by atoms with Crippen LogP contribution in [0.4, 0.5) is 5.69 Å². The van der Waals surface area contributed by atoms with E-state index in [0.29, 0.717) is 24.3 Å². The van der Waals surface area contributed by atoms with Gasteiger partial charge in [-0.15, -0.1) is 0 Å². The summed E-state index contributed by atoms with van der Waals surface area (Å²) in [6, 6.07) is 7.07. The van der Waals surface area contributed by atoms with Crippen molar-refractivity contribution in [2.75, 3.05) is 18.4 Å². The third-order valence-corrected chi connectivity index (χ3v) is 4.03. The molecule has 4 N–H and O–H groups in total. The van der Waals surface area contributed by atoms with Gasteiger partial charge in [0.15, 0.2) is 0 Å².